The summed E-state index contributed by atoms with van der Waals surface area (Å²) in [6, 6.07) is 12.4. The molecule has 0 fully saturated rings. The number of nitrogens with one attached hydrogen (secondary N) is 1. The number of aromatic nitrogens is 2. The first-order valence-electron chi connectivity index (χ1n) is 8.25. The molecule has 0 radical (unpaired) electrons. The predicted molar refractivity (Wildman–Crippen MR) is 104 cm³/mol. The van der Waals surface area contributed by atoms with Crippen LogP contribution in [0.2, 0.25) is 5.02 Å². The second kappa shape index (κ2) is 6.81. The third kappa shape index (κ3) is 3.15. The summed E-state index contributed by atoms with van der Waals surface area (Å²) in [6.07, 6.45) is 3.45. The number of hydrogen-bond acceptors (Lipinski definition) is 4. The number of methoxy groups -OCH3 is 1. The van der Waals surface area contributed by atoms with Crippen molar-refractivity contribution >= 4 is 34.2 Å². The normalized spacial score (nSPS) is 10.9. The Balaban J connectivity index is 1.72. The van der Waals surface area contributed by atoms with Gasteiger partial charge in [0.25, 0.3) is 5.91 Å². The molecule has 2 aromatic carbocycles. The smallest absolute Gasteiger partial charge is 0.291 e. The number of furan rings is 1. The second-order valence-corrected chi connectivity index (χ2v) is 6.42. The molecule has 0 saturated carbocycles. The molecular weight excluding hydrogens is 366 g/mol. The van der Waals surface area contributed by atoms with Crippen molar-refractivity contribution in [3.8, 4) is 11.4 Å². The Labute approximate surface area is 160 Å². The van der Waals surface area contributed by atoms with Crippen molar-refractivity contribution in [1.29, 1.82) is 0 Å². The summed E-state index contributed by atoms with van der Waals surface area (Å²) in [5, 5.41) is 8.43. The van der Waals surface area contributed by atoms with Crippen LogP contribution in [-0.2, 0) is 0 Å². The minimum absolute atomic E-state index is 0.240. The van der Waals surface area contributed by atoms with E-state index in [-0.39, 0.29) is 11.7 Å². The molecule has 0 atom stereocenters. The van der Waals surface area contributed by atoms with Gasteiger partial charge in [0, 0.05) is 28.4 Å². The van der Waals surface area contributed by atoms with Crippen LogP contribution in [0.5, 0.6) is 5.75 Å². The van der Waals surface area contributed by atoms with Gasteiger partial charge < -0.3 is 14.5 Å². The van der Waals surface area contributed by atoms with Crippen LogP contribution in [0.25, 0.3) is 16.7 Å². The fourth-order valence-corrected chi connectivity index (χ4v) is 3.11. The maximum Gasteiger partial charge on any atom is 0.291 e. The molecule has 0 saturated heterocycles. The number of nitrogens with zero attached hydrogens (tertiary/aromatic N) is 2. The molecule has 4 aromatic rings. The van der Waals surface area contributed by atoms with Gasteiger partial charge in [-0.25, -0.2) is 4.68 Å². The number of amides is 1. The Bertz CT molecular complexity index is 1130. The van der Waals surface area contributed by atoms with Crippen LogP contribution in [0.3, 0.4) is 0 Å². The highest BCUT2D eigenvalue weighted by Gasteiger charge is 2.20. The van der Waals surface area contributed by atoms with Crippen molar-refractivity contribution in [3.63, 3.8) is 0 Å². The first-order valence-corrected chi connectivity index (χ1v) is 8.62. The lowest BCUT2D eigenvalue weighted by molar-refractivity contribution is 0.0998. The van der Waals surface area contributed by atoms with E-state index in [4.69, 9.17) is 20.8 Å². The van der Waals surface area contributed by atoms with Gasteiger partial charge in [0.15, 0.2) is 5.76 Å². The summed E-state index contributed by atoms with van der Waals surface area (Å²) in [6.45, 7) is 1.84. The van der Waals surface area contributed by atoms with E-state index in [1.807, 2.05) is 13.0 Å². The molecule has 1 amide bonds. The van der Waals surface area contributed by atoms with Gasteiger partial charge in [0.1, 0.15) is 11.3 Å². The van der Waals surface area contributed by atoms with E-state index in [0.29, 0.717) is 27.7 Å². The van der Waals surface area contributed by atoms with Crippen LogP contribution in [-0.4, -0.2) is 22.8 Å². The number of ether oxygens (including phenoxy) is 1. The third-order valence-electron chi connectivity index (χ3n) is 4.31. The van der Waals surface area contributed by atoms with Crippen molar-refractivity contribution in [2.45, 2.75) is 6.92 Å². The van der Waals surface area contributed by atoms with Gasteiger partial charge in [-0.15, -0.1) is 0 Å². The Hall–Kier alpha value is -3.25. The van der Waals surface area contributed by atoms with Gasteiger partial charge in [-0.05, 0) is 49.4 Å². The molecule has 2 aromatic heterocycles. The first kappa shape index (κ1) is 17.2. The lowest BCUT2D eigenvalue weighted by atomic mass is 10.1. The van der Waals surface area contributed by atoms with Crippen molar-refractivity contribution < 1.29 is 13.9 Å². The number of rotatable bonds is 4. The maximum absolute atomic E-state index is 12.9. The van der Waals surface area contributed by atoms with E-state index < -0.39 is 0 Å². The summed E-state index contributed by atoms with van der Waals surface area (Å²) in [7, 11) is 1.60. The lowest BCUT2D eigenvalue weighted by Crippen LogP contribution is -2.14. The van der Waals surface area contributed by atoms with Crippen LogP contribution in [0.4, 0.5) is 5.69 Å². The summed E-state index contributed by atoms with van der Waals surface area (Å²) in [5.74, 6) is 0.581. The number of carbonyl (C=O) groups excluding carboxylic acids is 1. The lowest BCUT2D eigenvalue weighted by Gasteiger charge is -2.11. The van der Waals surface area contributed by atoms with Crippen molar-refractivity contribution in [1.82, 2.24) is 9.78 Å². The van der Waals surface area contributed by atoms with E-state index in [1.54, 1.807) is 60.6 Å². The monoisotopic (exact) mass is 381 g/mol. The number of hydrogen-bond donors (Lipinski definition) is 1. The van der Waals surface area contributed by atoms with Crippen molar-refractivity contribution in [2.75, 3.05) is 12.4 Å². The summed E-state index contributed by atoms with van der Waals surface area (Å²) in [5.41, 5.74) is 2.60. The number of anilines is 1. The molecule has 1 N–H and O–H groups in total. The van der Waals surface area contributed by atoms with Crippen molar-refractivity contribution in [2.24, 2.45) is 0 Å². The summed E-state index contributed by atoms with van der Waals surface area (Å²) >= 11 is 6.12. The number of aryl methyl sites for hydroxylation is 1. The fraction of sp³-hybridized carbons (Fsp3) is 0.100. The van der Waals surface area contributed by atoms with Gasteiger partial charge in [0.2, 0.25) is 0 Å². The van der Waals surface area contributed by atoms with E-state index in [2.05, 4.69) is 10.4 Å². The molecule has 7 heteroatoms. The number of halogens is 1. The average Bonchev–Trinajstić information content (AvgIpc) is 3.30. The van der Waals surface area contributed by atoms with Gasteiger partial charge in [-0.2, -0.15) is 5.10 Å². The van der Waals surface area contributed by atoms with Crippen LogP contribution in [0, 0.1) is 6.92 Å². The molecule has 6 nitrogen and oxygen atoms in total. The Morgan fingerprint density at radius 2 is 2.11 bits per heavy atom. The first-order chi connectivity index (χ1) is 13.1. The van der Waals surface area contributed by atoms with Crippen molar-refractivity contribution in [3.05, 3.63) is 71.2 Å². The molecule has 4 rings (SSSR count). The minimum atomic E-state index is -0.363. The third-order valence-corrected chi connectivity index (χ3v) is 4.54. The van der Waals surface area contributed by atoms with E-state index in [0.717, 1.165) is 10.9 Å². The van der Waals surface area contributed by atoms with Crippen LogP contribution >= 0.6 is 11.6 Å². The van der Waals surface area contributed by atoms with E-state index >= 15 is 0 Å². The molecule has 0 unspecified atom stereocenters. The number of fused-ring (bicyclic) bond motifs is 1. The minimum Gasteiger partial charge on any atom is -0.497 e. The largest absolute Gasteiger partial charge is 0.497 e. The molecule has 27 heavy (non-hydrogen) atoms. The molecule has 0 aliphatic heterocycles. The van der Waals surface area contributed by atoms with Crippen LogP contribution < -0.4 is 10.1 Å². The zero-order valence-electron chi connectivity index (χ0n) is 14.7. The number of benzene rings is 2. The second-order valence-electron chi connectivity index (χ2n) is 5.98. The van der Waals surface area contributed by atoms with Gasteiger partial charge in [-0.3, -0.25) is 4.79 Å². The Morgan fingerprint density at radius 3 is 2.85 bits per heavy atom. The van der Waals surface area contributed by atoms with Gasteiger partial charge in [-0.1, -0.05) is 11.6 Å². The maximum atomic E-state index is 12.9. The predicted octanol–water partition coefficient (Wildman–Crippen LogP) is 4.84. The summed E-state index contributed by atoms with van der Waals surface area (Å²) in [4.78, 5) is 12.9. The van der Waals surface area contributed by atoms with Gasteiger partial charge in [0.05, 0.1) is 18.5 Å². The van der Waals surface area contributed by atoms with E-state index in [9.17, 15) is 4.79 Å². The fourth-order valence-electron chi connectivity index (χ4n) is 2.94. The standard InChI is InChI=1S/C20H16ClN3O3/c1-12-15-11-14(26-2)5-7-18(15)27-19(12)20(25)23-16-10-13(21)4-6-17(16)24-9-3-8-22-24/h3-11H,1-2H3,(H,23,25). The highest BCUT2D eigenvalue weighted by Crippen LogP contribution is 2.30. The SMILES string of the molecule is COc1ccc2oc(C(=O)Nc3cc(Cl)ccc3-n3cccn3)c(C)c2c1. The molecule has 136 valence electrons. The summed E-state index contributed by atoms with van der Waals surface area (Å²) < 4.78 is 12.7. The Morgan fingerprint density at radius 1 is 1.26 bits per heavy atom. The van der Waals surface area contributed by atoms with Crippen LogP contribution in [0.15, 0.2) is 59.3 Å². The van der Waals surface area contributed by atoms with Gasteiger partial charge >= 0.3 is 0 Å². The highest BCUT2D eigenvalue weighted by molar-refractivity contribution is 6.31. The topological polar surface area (TPSA) is 69.3 Å². The Kier molecular flexibility index (Phi) is 4.33. The zero-order chi connectivity index (χ0) is 19.0. The quantitative estimate of drug-likeness (QED) is 0.549. The van der Waals surface area contributed by atoms with E-state index in [1.165, 1.54) is 0 Å². The molecule has 0 aliphatic rings. The molecular formula is C20H16ClN3O3. The molecule has 0 bridgehead atoms. The zero-order valence-corrected chi connectivity index (χ0v) is 15.4. The molecule has 0 spiro atoms. The van der Waals surface area contributed by atoms with Crippen LogP contribution in [0.1, 0.15) is 16.1 Å². The molecule has 2 heterocycles. The molecule has 0 aliphatic carbocycles. The number of carbonyl (C=O) groups is 1. The average molecular weight is 382 g/mol. The highest BCUT2D eigenvalue weighted by atomic mass is 35.5.